The SMILES string of the molecule is CC(=O)c1c(C)[nH]c(C(=O)C(C)Sc2ccccc2C)c1C. The average molecular weight is 315 g/mol. The molecule has 22 heavy (non-hydrogen) atoms. The van der Waals surface area contributed by atoms with Gasteiger partial charge in [0.05, 0.1) is 10.9 Å². The van der Waals surface area contributed by atoms with Crippen LogP contribution in [0.15, 0.2) is 29.2 Å². The minimum absolute atomic E-state index is 0.00971. The molecule has 0 amide bonds. The van der Waals surface area contributed by atoms with Crippen molar-refractivity contribution in [2.45, 2.75) is 44.8 Å². The van der Waals surface area contributed by atoms with E-state index < -0.39 is 0 Å². The quantitative estimate of drug-likeness (QED) is 0.652. The first-order chi connectivity index (χ1) is 10.3. The number of thioether (sulfide) groups is 1. The molecule has 0 fully saturated rings. The smallest absolute Gasteiger partial charge is 0.192 e. The number of hydrogen-bond donors (Lipinski definition) is 1. The molecule has 1 unspecified atom stereocenters. The van der Waals surface area contributed by atoms with Gasteiger partial charge in [0.15, 0.2) is 11.6 Å². The van der Waals surface area contributed by atoms with Gasteiger partial charge in [0.25, 0.3) is 0 Å². The lowest BCUT2D eigenvalue weighted by atomic mass is 10.0. The summed E-state index contributed by atoms with van der Waals surface area (Å²) in [6, 6.07) is 8.03. The zero-order valence-electron chi connectivity index (χ0n) is 13.6. The molecule has 1 atom stereocenters. The fraction of sp³-hybridized carbons (Fsp3) is 0.333. The molecule has 0 saturated carbocycles. The lowest BCUT2D eigenvalue weighted by molar-refractivity contribution is 0.0988. The fourth-order valence-electron chi connectivity index (χ4n) is 2.66. The van der Waals surface area contributed by atoms with Crippen LogP contribution in [0.4, 0.5) is 0 Å². The minimum Gasteiger partial charge on any atom is -0.355 e. The van der Waals surface area contributed by atoms with E-state index in [4.69, 9.17) is 0 Å². The van der Waals surface area contributed by atoms with Crippen molar-refractivity contribution in [2.75, 3.05) is 0 Å². The third-order valence-corrected chi connectivity index (χ3v) is 5.08. The van der Waals surface area contributed by atoms with E-state index >= 15 is 0 Å². The van der Waals surface area contributed by atoms with Gasteiger partial charge in [-0.25, -0.2) is 0 Å². The summed E-state index contributed by atoms with van der Waals surface area (Å²) in [5, 5.41) is -0.211. The maximum atomic E-state index is 12.7. The summed E-state index contributed by atoms with van der Waals surface area (Å²) in [5.41, 5.74) is 3.87. The van der Waals surface area contributed by atoms with Crippen LogP contribution < -0.4 is 0 Å². The standard InChI is InChI=1S/C18H21NO2S/c1-10-8-6-7-9-15(10)22-14(5)18(21)17-11(2)16(13(4)20)12(3)19-17/h6-9,14,19H,1-5H3. The van der Waals surface area contributed by atoms with Crippen LogP contribution in [0.1, 0.15) is 51.5 Å². The van der Waals surface area contributed by atoms with Gasteiger partial charge in [0, 0.05) is 16.2 Å². The van der Waals surface area contributed by atoms with Crippen LogP contribution >= 0.6 is 11.8 Å². The van der Waals surface area contributed by atoms with Crippen LogP contribution in [0.3, 0.4) is 0 Å². The molecule has 1 N–H and O–H groups in total. The van der Waals surface area contributed by atoms with Crippen molar-refractivity contribution in [3.8, 4) is 0 Å². The molecule has 0 aliphatic heterocycles. The number of aryl methyl sites for hydroxylation is 2. The second-order valence-electron chi connectivity index (χ2n) is 5.57. The molecule has 1 aromatic carbocycles. The lowest BCUT2D eigenvalue weighted by Crippen LogP contribution is -2.15. The van der Waals surface area contributed by atoms with Crippen LogP contribution in [0.2, 0.25) is 0 Å². The maximum absolute atomic E-state index is 12.7. The molecular weight excluding hydrogens is 294 g/mol. The molecule has 1 heterocycles. The monoisotopic (exact) mass is 315 g/mol. The van der Waals surface area contributed by atoms with E-state index in [2.05, 4.69) is 4.98 Å². The molecule has 0 spiro atoms. The second-order valence-corrected chi connectivity index (χ2v) is 6.95. The minimum atomic E-state index is -0.211. The average Bonchev–Trinajstić information content (AvgIpc) is 2.75. The molecule has 1 aromatic heterocycles. The van der Waals surface area contributed by atoms with Gasteiger partial charge < -0.3 is 4.98 Å². The first-order valence-electron chi connectivity index (χ1n) is 7.29. The third kappa shape index (κ3) is 3.17. The molecule has 0 bridgehead atoms. The number of hydrogen-bond acceptors (Lipinski definition) is 3. The Hall–Kier alpha value is -1.81. The molecule has 0 radical (unpaired) electrons. The van der Waals surface area contributed by atoms with Crippen molar-refractivity contribution in [3.63, 3.8) is 0 Å². The van der Waals surface area contributed by atoms with Crippen molar-refractivity contribution >= 4 is 23.3 Å². The van der Waals surface area contributed by atoms with E-state index in [9.17, 15) is 9.59 Å². The number of carbonyl (C=O) groups is 2. The Kier molecular flexibility index (Phi) is 4.91. The summed E-state index contributed by atoms with van der Waals surface area (Å²) < 4.78 is 0. The molecule has 2 rings (SSSR count). The molecule has 2 aromatic rings. The third-order valence-electron chi connectivity index (χ3n) is 3.80. The number of rotatable bonds is 5. The van der Waals surface area contributed by atoms with E-state index in [0.29, 0.717) is 11.3 Å². The Morgan fingerprint density at radius 3 is 2.32 bits per heavy atom. The Morgan fingerprint density at radius 1 is 1.14 bits per heavy atom. The van der Waals surface area contributed by atoms with Crippen LogP contribution in [-0.4, -0.2) is 21.8 Å². The second kappa shape index (κ2) is 6.53. The highest BCUT2D eigenvalue weighted by molar-refractivity contribution is 8.00. The molecule has 3 nitrogen and oxygen atoms in total. The van der Waals surface area contributed by atoms with Crippen molar-refractivity contribution in [3.05, 3.63) is 52.3 Å². The molecule has 4 heteroatoms. The summed E-state index contributed by atoms with van der Waals surface area (Å²) in [6.07, 6.45) is 0. The Bertz CT molecular complexity index is 731. The first-order valence-corrected chi connectivity index (χ1v) is 8.17. The summed E-state index contributed by atoms with van der Waals surface area (Å²) in [7, 11) is 0. The molecule has 0 aliphatic carbocycles. The van der Waals surface area contributed by atoms with Gasteiger partial charge in [-0.05, 0) is 51.8 Å². The Morgan fingerprint density at radius 2 is 1.77 bits per heavy atom. The van der Waals surface area contributed by atoms with Gasteiger partial charge in [-0.1, -0.05) is 18.2 Å². The number of carbonyl (C=O) groups excluding carboxylic acids is 2. The van der Waals surface area contributed by atoms with E-state index in [1.54, 1.807) is 11.8 Å². The normalized spacial score (nSPS) is 12.2. The van der Waals surface area contributed by atoms with Gasteiger partial charge in [-0.2, -0.15) is 0 Å². The zero-order valence-corrected chi connectivity index (χ0v) is 14.4. The van der Waals surface area contributed by atoms with Crippen LogP contribution in [0.5, 0.6) is 0 Å². The molecular formula is C18H21NO2S. The van der Waals surface area contributed by atoms with Gasteiger partial charge >= 0.3 is 0 Å². The van der Waals surface area contributed by atoms with E-state index in [1.165, 1.54) is 6.92 Å². The van der Waals surface area contributed by atoms with Crippen LogP contribution in [0.25, 0.3) is 0 Å². The Labute approximate surface area is 135 Å². The molecule has 0 aliphatic rings. The number of benzene rings is 1. The molecule has 0 saturated heterocycles. The summed E-state index contributed by atoms with van der Waals surface area (Å²) in [5.74, 6) is 0.0193. The van der Waals surface area contributed by atoms with Gasteiger partial charge in [-0.15, -0.1) is 11.8 Å². The van der Waals surface area contributed by atoms with Crippen LogP contribution in [-0.2, 0) is 0 Å². The zero-order chi connectivity index (χ0) is 16.4. The number of ketones is 2. The topological polar surface area (TPSA) is 49.9 Å². The fourth-order valence-corrected chi connectivity index (χ4v) is 3.68. The van der Waals surface area contributed by atoms with E-state index in [-0.39, 0.29) is 16.8 Å². The number of Topliss-reactive ketones (excluding diaryl/α,β-unsaturated/α-hetero) is 2. The van der Waals surface area contributed by atoms with Gasteiger partial charge in [-0.3, -0.25) is 9.59 Å². The van der Waals surface area contributed by atoms with Crippen molar-refractivity contribution in [1.82, 2.24) is 4.98 Å². The number of aromatic amines is 1. The summed E-state index contributed by atoms with van der Waals surface area (Å²) in [4.78, 5) is 28.6. The first kappa shape index (κ1) is 16.6. The molecule has 116 valence electrons. The maximum Gasteiger partial charge on any atom is 0.192 e. The highest BCUT2D eigenvalue weighted by Gasteiger charge is 2.24. The highest BCUT2D eigenvalue weighted by atomic mass is 32.2. The number of H-pyrrole nitrogens is 1. The highest BCUT2D eigenvalue weighted by Crippen LogP contribution is 2.29. The largest absolute Gasteiger partial charge is 0.355 e. The van der Waals surface area contributed by atoms with Crippen molar-refractivity contribution in [1.29, 1.82) is 0 Å². The summed E-state index contributed by atoms with van der Waals surface area (Å²) >= 11 is 1.55. The number of aromatic nitrogens is 1. The van der Waals surface area contributed by atoms with Gasteiger partial charge in [0.1, 0.15) is 0 Å². The van der Waals surface area contributed by atoms with E-state index in [1.807, 2.05) is 52.0 Å². The van der Waals surface area contributed by atoms with E-state index in [0.717, 1.165) is 21.7 Å². The van der Waals surface area contributed by atoms with Crippen LogP contribution in [0, 0.1) is 20.8 Å². The van der Waals surface area contributed by atoms with Crippen molar-refractivity contribution < 1.29 is 9.59 Å². The Balaban J connectivity index is 2.27. The van der Waals surface area contributed by atoms with Gasteiger partial charge in [0.2, 0.25) is 0 Å². The lowest BCUT2D eigenvalue weighted by Gasteiger charge is -2.12. The summed E-state index contributed by atoms with van der Waals surface area (Å²) in [6.45, 7) is 9.14. The predicted molar refractivity (Wildman–Crippen MR) is 91.1 cm³/mol. The van der Waals surface area contributed by atoms with Crippen molar-refractivity contribution in [2.24, 2.45) is 0 Å². The predicted octanol–water partition coefficient (Wildman–Crippen LogP) is 4.51. The number of nitrogens with one attached hydrogen (secondary N) is 1.